The molecule has 0 unspecified atom stereocenters. The Labute approximate surface area is 127 Å². The Bertz CT molecular complexity index is 668. The van der Waals surface area contributed by atoms with Crippen LogP contribution in [0.15, 0.2) is 24.3 Å². The van der Waals surface area contributed by atoms with Gasteiger partial charge in [-0.15, -0.1) is 0 Å². The minimum Gasteiger partial charge on any atom is -0.508 e. The predicted octanol–water partition coefficient (Wildman–Crippen LogP) is 2.19. The lowest BCUT2D eigenvalue weighted by molar-refractivity contribution is 0.325. The van der Waals surface area contributed by atoms with Gasteiger partial charge in [-0.3, -0.25) is 0 Å². The van der Waals surface area contributed by atoms with Gasteiger partial charge in [0.1, 0.15) is 5.75 Å². The van der Waals surface area contributed by atoms with Crippen molar-refractivity contribution in [2.24, 2.45) is 0 Å². The lowest BCUT2D eigenvalue weighted by atomic mass is 10.0. The number of ether oxygens (including phenoxy) is 3. The van der Waals surface area contributed by atoms with Gasteiger partial charge in [0, 0.05) is 5.56 Å². The van der Waals surface area contributed by atoms with Crippen LogP contribution in [0.25, 0.3) is 11.1 Å². The van der Waals surface area contributed by atoms with E-state index in [-0.39, 0.29) is 5.75 Å². The van der Waals surface area contributed by atoms with Crippen LogP contribution in [-0.2, 0) is 0 Å². The van der Waals surface area contributed by atoms with E-state index in [0.717, 1.165) is 16.7 Å². The number of methoxy groups -OCH3 is 3. The summed E-state index contributed by atoms with van der Waals surface area (Å²) in [5, 5.41) is 10.6. The average Bonchev–Trinajstić information content (AvgIpc) is 2.49. The first-order chi connectivity index (χ1) is 10.0. The lowest BCUT2D eigenvalue weighted by Crippen LogP contribution is -2.09. The monoisotopic (exact) mass is 301 g/mol. The molecule has 0 spiro atoms. The van der Waals surface area contributed by atoms with Crippen LogP contribution in [0, 0.1) is 6.92 Å². The van der Waals surface area contributed by atoms with Crippen LogP contribution in [0.1, 0.15) is 5.56 Å². The second-order valence-electron chi connectivity index (χ2n) is 4.59. The first-order valence-electron chi connectivity index (χ1n) is 6.38. The van der Waals surface area contributed by atoms with E-state index in [9.17, 15) is 5.11 Å². The van der Waals surface area contributed by atoms with Crippen molar-refractivity contribution < 1.29 is 19.3 Å². The maximum Gasteiger partial charge on any atom is 0.203 e. The van der Waals surface area contributed by atoms with Gasteiger partial charge in [0.2, 0.25) is 5.75 Å². The zero-order valence-electron chi connectivity index (χ0n) is 12.5. The fraction of sp³-hybridized carbons (Fsp3) is 0.250. The van der Waals surface area contributed by atoms with Crippen LogP contribution in [-0.4, -0.2) is 36.7 Å². The smallest absolute Gasteiger partial charge is 0.203 e. The summed E-state index contributed by atoms with van der Waals surface area (Å²) in [4.78, 5) is 0. The second-order valence-corrected chi connectivity index (χ2v) is 5.09. The highest BCUT2D eigenvalue weighted by Crippen LogP contribution is 2.44. The highest BCUT2D eigenvalue weighted by atomic mass is 28.1. The van der Waals surface area contributed by atoms with E-state index < -0.39 is 0 Å². The van der Waals surface area contributed by atoms with Crippen LogP contribution in [0.2, 0.25) is 0 Å². The summed E-state index contributed by atoms with van der Waals surface area (Å²) in [5.74, 6) is 1.84. The molecular formula is C16H17O4Si. The highest BCUT2D eigenvalue weighted by molar-refractivity contribution is 6.38. The molecule has 0 aromatic heterocycles. The summed E-state index contributed by atoms with van der Waals surface area (Å²) >= 11 is 0. The SMILES string of the molecule is COc1ccc(-c2cc(C)cc(O)c2[Si])c(OC)c1OC. The summed E-state index contributed by atoms with van der Waals surface area (Å²) in [5.41, 5.74) is 2.57. The van der Waals surface area contributed by atoms with Crippen molar-refractivity contribution in [1.82, 2.24) is 0 Å². The summed E-state index contributed by atoms with van der Waals surface area (Å²) in [7, 11) is 8.19. The van der Waals surface area contributed by atoms with E-state index in [2.05, 4.69) is 10.2 Å². The molecule has 0 heterocycles. The summed E-state index contributed by atoms with van der Waals surface area (Å²) in [6.07, 6.45) is 0. The van der Waals surface area contributed by atoms with Crippen molar-refractivity contribution in [2.45, 2.75) is 6.92 Å². The van der Waals surface area contributed by atoms with E-state index in [0.29, 0.717) is 22.4 Å². The van der Waals surface area contributed by atoms with Gasteiger partial charge in [-0.2, -0.15) is 0 Å². The van der Waals surface area contributed by atoms with E-state index in [4.69, 9.17) is 14.2 Å². The molecule has 0 aliphatic rings. The molecule has 0 fully saturated rings. The van der Waals surface area contributed by atoms with Gasteiger partial charge in [0.25, 0.3) is 0 Å². The molecule has 5 heteroatoms. The molecule has 2 aromatic rings. The number of hydrogen-bond acceptors (Lipinski definition) is 4. The zero-order chi connectivity index (χ0) is 15.6. The van der Waals surface area contributed by atoms with Crippen molar-refractivity contribution >= 4 is 15.4 Å². The second kappa shape index (κ2) is 6.09. The quantitative estimate of drug-likeness (QED) is 0.880. The molecule has 0 saturated heterocycles. The molecule has 0 aliphatic heterocycles. The minimum atomic E-state index is 0.179. The van der Waals surface area contributed by atoms with Gasteiger partial charge in [-0.25, -0.2) is 0 Å². The number of hydrogen-bond donors (Lipinski definition) is 1. The van der Waals surface area contributed by atoms with Crippen molar-refractivity contribution in [1.29, 1.82) is 0 Å². The summed E-state index contributed by atoms with van der Waals surface area (Å²) in [6, 6.07) is 7.34. The summed E-state index contributed by atoms with van der Waals surface area (Å²) in [6.45, 7) is 1.92. The number of phenols is 1. The van der Waals surface area contributed by atoms with Crippen molar-refractivity contribution in [3.05, 3.63) is 29.8 Å². The van der Waals surface area contributed by atoms with Gasteiger partial charge >= 0.3 is 0 Å². The molecule has 1 N–H and O–H groups in total. The van der Waals surface area contributed by atoms with Crippen molar-refractivity contribution in [3.8, 4) is 34.1 Å². The maximum absolute atomic E-state index is 9.99. The Balaban J connectivity index is 2.76. The molecule has 4 nitrogen and oxygen atoms in total. The Kier molecular flexibility index (Phi) is 4.42. The normalized spacial score (nSPS) is 10.3. The van der Waals surface area contributed by atoms with Gasteiger partial charge in [-0.1, -0.05) is 6.07 Å². The van der Waals surface area contributed by atoms with Crippen LogP contribution < -0.4 is 19.4 Å². The molecule has 0 atom stereocenters. The molecule has 109 valence electrons. The molecule has 21 heavy (non-hydrogen) atoms. The van der Waals surface area contributed by atoms with E-state index >= 15 is 0 Å². The molecule has 3 radical (unpaired) electrons. The van der Waals surface area contributed by atoms with Crippen molar-refractivity contribution in [2.75, 3.05) is 21.3 Å². The zero-order valence-corrected chi connectivity index (χ0v) is 13.5. The molecule has 2 aromatic carbocycles. The Morgan fingerprint density at radius 3 is 2.14 bits per heavy atom. The first-order valence-corrected chi connectivity index (χ1v) is 6.88. The third-order valence-corrected chi connectivity index (χ3v) is 3.78. The first kappa shape index (κ1) is 15.2. The Hall–Kier alpha value is -2.14. The van der Waals surface area contributed by atoms with Crippen molar-refractivity contribution in [3.63, 3.8) is 0 Å². The van der Waals surface area contributed by atoms with Gasteiger partial charge in [0.15, 0.2) is 11.5 Å². The molecule has 0 saturated carbocycles. The topological polar surface area (TPSA) is 47.9 Å². The molecule has 0 bridgehead atoms. The minimum absolute atomic E-state index is 0.179. The fourth-order valence-corrected chi connectivity index (χ4v) is 2.57. The van der Waals surface area contributed by atoms with Crippen LogP contribution in [0.3, 0.4) is 0 Å². The highest BCUT2D eigenvalue weighted by Gasteiger charge is 2.19. The summed E-state index contributed by atoms with van der Waals surface area (Å²) < 4.78 is 16.2. The van der Waals surface area contributed by atoms with Gasteiger partial charge in [-0.05, 0) is 41.4 Å². The Morgan fingerprint density at radius 2 is 1.57 bits per heavy atom. The van der Waals surface area contributed by atoms with Crippen LogP contribution in [0.4, 0.5) is 0 Å². The third kappa shape index (κ3) is 2.69. The van der Waals surface area contributed by atoms with Gasteiger partial charge in [0.05, 0.1) is 31.6 Å². The number of aryl methyl sites for hydroxylation is 1. The Morgan fingerprint density at radius 1 is 0.905 bits per heavy atom. The molecular weight excluding hydrogens is 284 g/mol. The van der Waals surface area contributed by atoms with Crippen LogP contribution in [0.5, 0.6) is 23.0 Å². The van der Waals surface area contributed by atoms with E-state index in [1.807, 2.05) is 25.1 Å². The van der Waals surface area contributed by atoms with E-state index in [1.54, 1.807) is 27.4 Å². The largest absolute Gasteiger partial charge is 0.508 e. The number of phenolic OH excluding ortho intramolecular Hbond substituents is 1. The standard InChI is InChI=1S/C16H17O4Si/c1-9-7-11(16(21)12(17)8-9)10-5-6-13(18-2)15(20-4)14(10)19-3/h5-8,17H,1-4H3. The average molecular weight is 301 g/mol. The number of benzene rings is 2. The molecule has 0 aliphatic carbocycles. The number of aromatic hydroxyl groups is 1. The third-order valence-electron chi connectivity index (χ3n) is 3.26. The molecule has 0 amide bonds. The fourth-order valence-electron chi connectivity index (χ4n) is 2.29. The van der Waals surface area contributed by atoms with Crippen LogP contribution >= 0.6 is 0 Å². The number of rotatable bonds is 4. The maximum atomic E-state index is 9.99. The van der Waals surface area contributed by atoms with Gasteiger partial charge < -0.3 is 19.3 Å². The predicted molar refractivity (Wildman–Crippen MR) is 83.3 cm³/mol. The molecule has 2 rings (SSSR count). The lowest BCUT2D eigenvalue weighted by Gasteiger charge is -2.17. The van der Waals surface area contributed by atoms with E-state index in [1.165, 1.54) is 0 Å².